The summed E-state index contributed by atoms with van der Waals surface area (Å²) < 4.78 is 0. The van der Waals surface area contributed by atoms with Gasteiger partial charge in [-0.2, -0.15) is 0 Å². The number of carboxylic acid groups (broad SMARTS) is 5. The van der Waals surface area contributed by atoms with Gasteiger partial charge in [0.1, 0.15) is 24.2 Å². The van der Waals surface area contributed by atoms with E-state index >= 15 is 0 Å². The molecule has 0 saturated carbocycles. The van der Waals surface area contributed by atoms with E-state index in [2.05, 4.69) is 15.0 Å². The van der Waals surface area contributed by atoms with Gasteiger partial charge in [-0.25, -0.2) is 0 Å². The first-order valence-corrected chi connectivity index (χ1v) is 13.0. The van der Waals surface area contributed by atoms with Crippen molar-refractivity contribution in [1.29, 1.82) is 0 Å². The third-order valence-electron chi connectivity index (χ3n) is 4.57. The van der Waals surface area contributed by atoms with Crippen LogP contribution in [0.3, 0.4) is 0 Å². The van der Waals surface area contributed by atoms with Gasteiger partial charge >= 0.3 is 29.8 Å². The molecule has 24 nitrogen and oxygen atoms in total. The fourth-order valence-electron chi connectivity index (χ4n) is 2.20. The van der Waals surface area contributed by atoms with Gasteiger partial charge in [-0.15, -0.1) is 12.4 Å². The van der Waals surface area contributed by atoms with Crippen LogP contribution in [0.1, 0.15) is 44.9 Å². The fourth-order valence-corrected chi connectivity index (χ4v) is 2.20. The molecule has 25 heteroatoms. The summed E-state index contributed by atoms with van der Waals surface area (Å²) in [7, 11) is 0. The van der Waals surface area contributed by atoms with Crippen molar-refractivity contribution in [1.82, 2.24) is 0 Å². The molecule has 0 aromatic heterocycles. The lowest BCUT2D eigenvalue weighted by Crippen LogP contribution is -2.32. The zero-order valence-electron chi connectivity index (χ0n) is 25.7. The van der Waals surface area contributed by atoms with Crippen LogP contribution in [0.25, 0.3) is 0 Å². The second-order valence-electron chi connectivity index (χ2n) is 8.72. The Morgan fingerprint density at radius 3 is 0.809 bits per heavy atom. The third-order valence-corrected chi connectivity index (χ3v) is 4.57. The molecule has 0 rings (SSSR count). The van der Waals surface area contributed by atoms with Crippen molar-refractivity contribution in [2.24, 2.45) is 72.3 Å². The van der Waals surface area contributed by atoms with Crippen LogP contribution in [0.4, 0.5) is 0 Å². The first-order valence-electron chi connectivity index (χ1n) is 13.0. The van der Waals surface area contributed by atoms with Gasteiger partial charge in [0.2, 0.25) is 0 Å². The number of carboxylic acids is 5. The average Bonchev–Trinajstić information content (AvgIpc) is 2.91. The van der Waals surface area contributed by atoms with E-state index in [-0.39, 0.29) is 35.8 Å². The number of rotatable bonds is 18. The molecule has 0 aromatic rings. The first-order chi connectivity index (χ1) is 20.6. The minimum absolute atomic E-state index is 0. The summed E-state index contributed by atoms with van der Waals surface area (Å²) in [4.78, 5) is 61.3. The van der Waals surface area contributed by atoms with Gasteiger partial charge in [-0.3, -0.25) is 38.9 Å². The lowest BCUT2D eigenvalue weighted by Gasteiger charge is -2.03. The summed E-state index contributed by atoms with van der Waals surface area (Å²) >= 11 is 0. The van der Waals surface area contributed by atoms with Crippen LogP contribution in [0.5, 0.6) is 0 Å². The average molecular weight is 710 g/mol. The summed E-state index contributed by atoms with van der Waals surface area (Å²) in [6.07, 6.45) is 2.34. The summed E-state index contributed by atoms with van der Waals surface area (Å²) in [6, 6.07) is -3.75. The Hall–Kier alpha value is -4.75. The number of hydrogen-bond acceptors (Lipinski definition) is 12. The monoisotopic (exact) mass is 709 g/mol. The number of aliphatic imine (C=N–C) groups is 3. The molecule has 1 unspecified atom stereocenters. The highest BCUT2D eigenvalue weighted by molar-refractivity contribution is 5.85. The number of halogens is 1. The minimum Gasteiger partial charge on any atom is -0.481 e. The van der Waals surface area contributed by atoms with E-state index < -0.39 is 60.4 Å². The highest BCUT2D eigenvalue weighted by Gasteiger charge is 2.14. The zero-order valence-corrected chi connectivity index (χ0v) is 26.5. The summed E-state index contributed by atoms with van der Waals surface area (Å²) in [5, 5.41) is 41.2. The molecule has 0 spiro atoms. The fraction of sp³-hybridized carbons (Fsp3) is 0.636. The van der Waals surface area contributed by atoms with Crippen molar-refractivity contribution in [3.8, 4) is 0 Å². The first kappa shape index (κ1) is 54.7. The van der Waals surface area contributed by atoms with E-state index in [1.807, 2.05) is 0 Å². The quantitative estimate of drug-likeness (QED) is 0.0357. The summed E-state index contributed by atoms with van der Waals surface area (Å²) in [5.74, 6) is -5.46. The minimum atomic E-state index is -1.29. The molecule has 0 amide bonds. The van der Waals surface area contributed by atoms with Gasteiger partial charge in [-0.05, 0) is 38.5 Å². The predicted octanol–water partition coefficient (Wildman–Crippen LogP) is -6.17. The van der Waals surface area contributed by atoms with Gasteiger partial charge in [0, 0.05) is 19.6 Å². The van der Waals surface area contributed by atoms with Gasteiger partial charge < -0.3 is 88.3 Å². The lowest BCUT2D eigenvalue weighted by atomic mass is 10.2. The van der Waals surface area contributed by atoms with E-state index in [0.29, 0.717) is 58.2 Å². The highest BCUT2D eigenvalue weighted by Crippen LogP contribution is 1.96. The zero-order chi connectivity index (χ0) is 36.1. The standard InChI is InChI=1S/3C6H14N4O2.C4H7NO4.ClH.H2O/c3*7-4(5(11)12)2-1-3-10-6(8)9;5-2(4(8)9)1-3(6)7;;/h3*4H,1-3,7H2,(H,11,12)(H4,8,9,10);2H,1,5H2,(H,6,7)(H,8,9);1H;1H2/t2*4-;;2-;;/m00.0../s1. The van der Waals surface area contributed by atoms with Crippen LogP contribution >= 0.6 is 12.4 Å². The molecule has 0 radical (unpaired) electrons. The van der Waals surface area contributed by atoms with Crippen LogP contribution in [-0.4, -0.2) is 123 Å². The normalized spacial score (nSPS) is 11.7. The molecule has 27 N–H and O–H groups in total. The van der Waals surface area contributed by atoms with Crippen LogP contribution in [0.15, 0.2) is 15.0 Å². The second-order valence-corrected chi connectivity index (χ2v) is 8.72. The van der Waals surface area contributed by atoms with Gasteiger partial charge in [-0.1, -0.05) is 0 Å². The van der Waals surface area contributed by atoms with Crippen molar-refractivity contribution < 1.29 is 55.0 Å². The Morgan fingerprint density at radius 1 is 0.468 bits per heavy atom. The largest absolute Gasteiger partial charge is 0.481 e. The van der Waals surface area contributed by atoms with Crippen molar-refractivity contribution in [3.05, 3.63) is 0 Å². The molecule has 47 heavy (non-hydrogen) atoms. The Morgan fingerprint density at radius 2 is 0.681 bits per heavy atom. The third kappa shape index (κ3) is 48.4. The van der Waals surface area contributed by atoms with Crippen LogP contribution < -0.4 is 57.3 Å². The van der Waals surface area contributed by atoms with E-state index in [9.17, 15) is 24.0 Å². The second kappa shape index (κ2) is 34.1. The Balaban J connectivity index is -0.000000118. The smallest absolute Gasteiger partial charge is 0.321 e. The number of guanidine groups is 3. The number of hydrogen-bond donors (Lipinski definition) is 15. The Labute approximate surface area is 276 Å². The molecular weight excluding hydrogens is 658 g/mol. The SMILES string of the molecule is Cl.NC(N)=NCCCC(N)C(=O)O.NC(N)=NCCC[C@H](N)C(=O)O.NC(N)=NCCC[C@H](N)C(=O)O.N[C@@H](CC(=O)O)C(=O)O.O. The molecule has 4 atom stereocenters. The number of carbonyl (C=O) groups is 5. The highest BCUT2D eigenvalue weighted by atomic mass is 35.5. The summed E-state index contributed by atoms with van der Waals surface area (Å²) in [6.45, 7) is 1.26. The number of nitrogens with two attached hydrogens (primary N) is 10. The molecular formula is C22H52ClN13O11. The van der Waals surface area contributed by atoms with Crippen molar-refractivity contribution in [2.75, 3.05) is 19.6 Å². The van der Waals surface area contributed by atoms with E-state index in [1.54, 1.807) is 0 Å². The van der Waals surface area contributed by atoms with Crippen molar-refractivity contribution in [2.45, 2.75) is 69.1 Å². The maximum atomic E-state index is 10.2. The van der Waals surface area contributed by atoms with Crippen molar-refractivity contribution >= 4 is 60.1 Å². The molecule has 0 aliphatic rings. The van der Waals surface area contributed by atoms with E-state index in [4.69, 9.17) is 82.9 Å². The molecule has 0 aliphatic heterocycles. The Kier molecular flexibility index (Phi) is 39.7. The maximum Gasteiger partial charge on any atom is 0.321 e. The van der Waals surface area contributed by atoms with Crippen LogP contribution in [-0.2, 0) is 24.0 Å². The molecule has 0 saturated heterocycles. The molecule has 0 heterocycles. The van der Waals surface area contributed by atoms with Gasteiger partial charge in [0.05, 0.1) is 6.42 Å². The van der Waals surface area contributed by atoms with Crippen LogP contribution in [0, 0.1) is 0 Å². The predicted molar refractivity (Wildman–Crippen MR) is 175 cm³/mol. The summed E-state index contributed by atoms with van der Waals surface area (Å²) in [5.41, 5.74) is 50.8. The topological polar surface area (TPSA) is 515 Å². The molecule has 0 aliphatic carbocycles. The maximum absolute atomic E-state index is 10.2. The van der Waals surface area contributed by atoms with Crippen LogP contribution in [0.2, 0.25) is 0 Å². The molecule has 0 fully saturated rings. The van der Waals surface area contributed by atoms with Gasteiger partial charge in [0.25, 0.3) is 0 Å². The van der Waals surface area contributed by atoms with Gasteiger partial charge in [0.15, 0.2) is 17.9 Å². The Bertz CT molecular complexity index is 881. The molecule has 0 aromatic carbocycles. The van der Waals surface area contributed by atoms with E-state index in [0.717, 1.165) is 0 Å². The molecule has 0 bridgehead atoms. The van der Waals surface area contributed by atoms with E-state index in [1.165, 1.54) is 0 Å². The lowest BCUT2D eigenvalue weighted by molar-refractivity contribution is -0.144. The van der Waals surface area contributed by atoms with Crippen molar-refractivity contribution in [3.63, 3.8) is 0 Å². The molecule has 278 valence electrons. The number of aliphatic carboxylic acids is 5. The number of nitrogens with zero attached hydrogens (tertiary/aromatic N) is 3.